The molecule has 0 aromatic carbocycles. The Balaban J connectivity index is 2.09. The zero-order chi connectivity index (χ0) is 15.3. The van der Waals surface area contributed by atoms with Crippen molar-refractivity contribution in [3.63, 3.8) is 0 Å². The van der Waals surface area contributed by atoms with Crippen molar-refractivity contribution < 1.29 is 4.79 Å². The number of aromatic nitrogens is 1. The molecule has 1 aromatic rings. The van der Waals surface area contributed by atoms with E-state index < -0.39 is 0 Å². The fourth-order valence-corrected chi connectivity index (χ4v) is 2.95. The molecule has 2 rings (SSSR count). The minimum atomic E-state index is -0.0521. The Hall–Kier alpha value is -1.58. The molecular weight excluding hydrogens is 262 g/mol. The molecule has 0 unspecified atom stereocenters. The van der Waals surface area contributed by atoms with Crippen molar-refractivity contribution in [3.05, 3.63) is 23.4 Å². The van der Waals surface area contributed by atoms with Crippen LogP contribution in [0.25, 0.3) is 0 Å². The Morgan fingerprint density at radius 1 is 1.29 bits per heavy atom. The van der Waals surface area contributed by atoms with Gasteiger partial charge in [0.15, 0.2) is 0 Å². The van der Waals surface area contributed by atoms with Gasteiger partial charge in [0.2, 0.25) is 0 Å². The highest BCUT2D eigenvalue weighted by atomic mass is 16.1. The summed E-state index contributed by atoms with van der Waals surface area (Å²) in [7, 11) is 0. The van der Waals surface area contributed by atoms with Crippen LogP contribution in [0.1, 0.15) is 68.4 Å². The quantitative estimate of drug-likeness (QED) is 0.869. The standard InChI is InChI=1S/C17H27N3O/c1-4-10-18-15-12-14(11-13(2)19-15)16(21)20-17(3)8-6-5-7-9-17/h11-12H,4-10H2,1-3H3,(H,18,19)(H,20,21). The smallest absolute Gasteiger partial charge is 0.251 e. The van der Waals surface area contributed by atoms with Crippen LogP contribution in [-0.4, -0.2) is 23.0 Å². The highest BCUT2D eigenvalue weighted by Gasteiger charge is 2.28. The van der Waals surface area contributed by atoms with Crippen LogP contribution in [0.3, 0.4) is 0 Å². The Kier molecular flexibility index (Phi) is 5.21. The van der Waals surface area contributed by atoms with Crippen LogP contribution < -0.4 is 10.6 Å². The predicted molar refractivity (Wildman–Crippen MR) is 86.7 cm³/mol. The molecule has 1 saturated carbocycles. The summed E-state index contributed by atoms with van der Waals surface area (Å²) in [5, 5.41) is 6.48. The van der Waals surface area contributed by atoms with Gasteiger partial charge in [0.05, 0.1) is 0 Å². The number of nitrogens with one attached hydrogen (secondary N) is 2. The predicted octanol–water partition coefficient (Wildman–Crippen LogP) is 3.66. The summed E-state index contributed by atoms with van der Waals surface area (Å²) in [4.78, 5) is 17.0. The van der Waals surface area contributed by atoms with E-state index in [0.29, 0.717) is 5.56 Å². The first-order valence-electron chi connectivity index (χ1n) is 8.07. The second-order valence-corrected chi connectivity index (χ2v) is 6.38. The molecule has 4 heteroatoms. The van der Waals surface area contributed by atoms with E-state index in [2.05, 4.69) is 29.5 Å². The fourth-order valence-electron chi connectivity index (χ4n) is 2.95. The van der Waals surface area contributed by atoms with Crippen LogP contribution in [0, 0.1) is 6.92 Å². The fraction of sp³-hybridized carbons (Fsp3) is 0.647. The lowest BCUT2D eigenvalue weighted by atomic mass is 9.83. The Bertz CT molecular complexity index is 493. The first-order valence-corrected chi connectivity index (χ1v) is 8.07. The van der Waals surface area contributed by atoms with Gasteiger partial charge in [0.25, 0.3) is 5.91 Å². The van der Waals surface area contributed by atoms with Gasteiger partial charge in [0.1, 0.15) is 5.82 Å². The van der Waals surface area contributed by atoms with Crippen LogP contribution in [0.4, 0.5) is 5.82 Å². The summed E-state index contributed by atoms with van der Waals surface area (Å²) in [5.74, 6) is 0.806. The summed E-state index contributed by atoms with van der Waals surface area (Å²) < 4.78 is 0. The lowest BCUT2D eigenvalue weighted by Gasteiger charge is -2.34. The lowest BCUT2D eigenvalue weighted by molar-refractivity contribution is 0.0882. The largest absolute Gasteiger partial charge is 0.370 e. The molecule has 116 valence electrons. The van der Waals surface area contributed by atoms with Crippen molar-refractivity contribution >= 4 is 11.7 Å². The molecule has 1 aliphatic carbocycles. The van der Waals surface area contributed by atoms with E-state index >= 15 is 0 Å². The second-order valence-electron chi connectivity index (χ2n) is 6.38. The van der Waals surface area contributed by atoms with Gasteiger partial charge in [-0.1, -0.05) is 26.2 Å². The number of carbonyl (C=O) groups is 1. The molecule has 1 amide bonds. The van der Waals surface area contributed by atoms with Crippen molar-refractivity contribution in [2.45, 2.75) is 64.8 Å². The van der Waals surface area contributed by atoms with Crippen molar-refractivity contribution in [2.24, 2.45) is 0 Å². The van der Waals surface area contributed by atoms with Gasteiger partial charge in [0, 0.05) is 23.3 Å². The number of rotatable bonds is 5. The van der Waals surface area contributed by atoms with Gasteiger partial charge in [-0.3, -0.25) is 4.79 Å². The number of pyridine rings is 1. The summed E-state index contributed by atoms with van der Waals surface area (Å²) in [6, 6.07) is 3.71. The van der Waals surface area contributed by atoms with Crippen molar-refractivity contribution in [2.75, 3.05) is 11.9 Å². The molecule has 1 heterocycles. The first-order chi connectivity index (χ1) is 10.0. The Morgan fingerprint density at radius 2 is 2.00 bits per heavy atom. The average Bonchev–Trinajstić information content (AvgIpc) is 2.45. The van der Waals surface area contributed by atoms with Gasteiger partial charge in [-0.05, 0) is 45.2 Å². The molecule has 0 bridgehead atoms. The minimum Gasteiger partial charge on any atom is -0.370 e. The zero-order valence-corrected chi connectivity index (χ0v) is 13.5. The van der Waals surface area contributed by atoms with Gasteiger partial charge in [-0.15, -0.1) is 0 Å². The lowest BCUT2D eigenvalue weighted by Crippen LogP contribution is -2.47. The third-order valence-corrected chi connectivity index (χ3v) is 4.14. The van der Waals surface area contributed by atoms with E-state index in [1.165, 1.54) is 19.3 Å². The molecule has 21 heavy (non-hydrogen) atoms. The highest BCUT2D eigenvalue weighted by molar-refractivity contribution is 5.95. The van der Waals surface area contributed by atoms with Crippen LogP contribution in [0.15, 0.2) is 12.1 Å². The topological polar surface area (TPSA) is 54.0 Å². The Morgan fingerprint density at radius 3 is 2.67 bits per heavy atom. The third kappa shape index (κ3) is 4.45. The van der Waals surface area contributed by atoms with Crippen LogP contribution in [0.5, 0.6) is 0 Å². The number of aryl methyl sites for hydroxylation is 1. The number of amides is 1. The van der Waals surface area contributed by atoms with E-state index in [1.54, 1.807) is 0 Å². The number of hydrogen-bond acceptors (Lipinski definition) is 3. The molecule has 0 saturated heterocycles. The van der Waals surface area contributed by atoms with Gasteiger partial charge < -0.3 is 10.6 Å². The van der Waals surface area contributed by atoms with Gasteiger partial charge >= 0.3 is 0 Å². The van der Waals surface area contributed by atoms with Gasteiger partial charge in [-0.2, -0.15) is 0 Å². The van der Waals surface area contributed by atoms with Crippen LogP contribution >= 0.6 is 0 Å². The maximum atomic E-state index is 12.5. The molecule has 0 atom stereocenters. The van der Waals surface area contributed by atoms with Crippen LogP contribution in [0.2, 0.25) is 0 Å². The highest BCUT2D eigenvalue weighted by Crippen LogP contribution is 2.28. The number of hydrogen-bond donors (Lipinski definition) is 2. The zero-order valence-electron chi connectivity index (χ0n) is 13.5. The molecule has 0 spiro atoms. The molecule has 1 aromatic heterocycles. The summed E-state index contributed by atoms with van der Waals surface area (Å²) in [5.41, 5.74) is 1.52. The van der Waals surface area contributed by atoms with Crippen molar-refractivity contribution in [1.82, 2.24) is 10.3 Å². The third-order valence-electron chi connectivity index (χ3n) is 4.14. The summed E-state index contributed by atoms with van der Waals surface area (Å²) >= 11 is 0. The molecular formula is C17H27N3O. The average molecular weight is 289 g/mol. The molecule has 0 aliphatic heterocycles. The van der Waals surface area contributed by atoms with E-state index in [1.807, 2.05) is 19.1 Å². The van der Waals surface area contributed by atoms with E-state index in [0.717, 1.165) is 37.3 Å². The summed E-state index contributed by atoms with van der Waals surface area (Å²) in [6.07, 6.45) is 6.87. The normalized spacial score (nSPS) is 17.3. The number of anilines is 1. The Labute approximate surface area is 127 Å². The first kappa shape index (κ1) is 15.8. The molecule has 1 aliphatic rings. The van der Waals surface area contributed by atoms with Crippen molar-refractivity contribution in [3.8, 4) is 0 Å². The van der Waals surface area contributed by atoms with E-state index in [4.69, 9.17) is 0 Å². The monoisotopic (exact) mass is 289 g/mol. The van der Waals surface area contributed by atoms with E-state index in [9.17, 15) is 4.79 Å². The molecule has 1 fully saturated rings. The van der Waals surface area contributed by atoms with Crippen molar-refractivity contribution in [1.29, 1.82) is 0 Å². The maximum Gasteiger partial charge on any atom is 0.251 e. The molecule has 2 N–H and O–H groups in total. The summed E-state index contributed by atoms with van der Waals surface area (Å²) in [6.45, 7) is 7.07. The molecule has 4 nitrogen and oxygen atoms in total. The minimum absolute atomic E-state index is 0.0180. The second kappa shape index (κ2) is 6.92. The molecule has 0 radical (unpaired) electrons. The van der Waals surface area contributed by atoms with Gasteiger partial charge in [-0.25, -0.2) is 4.98 Å². The number of nitrogens with zero attached hydrogens (tertiary/aromatic N) is 1. The van der Waals surface area contributed by atoms with E-state index in [-0.39, 0.29) is 11.4 Å². The number of carbonyl (C=O) groups excluding carboxylic acids is 1. The van der Waals surface area contributed by atoms with Crippen LogP contribution in [-0.2, 0) is 0 Å². The SMILES string of the molecule is CCCNc1cc(C(=O)NC2(C)CCCCC2)cc(C)n1. The maximum absolute atomic E-state index is 12.5.